The van der Waals surface area contributed by atoms with Gasteiger partial charge in [-0.15, -0.1) is 0 Å². The van der Waals surface area contributed by atoms with Crippen molar-refractivity contribution in [2.45, 2.75) is 194 Å². The van der Waals surface area contributed by atoms with Crippen molar-refractivity contribution in [1.29, 1.82) is 0 Å². The lowest BCUT2D eigenvalue weighted by Gasteiger charge is -2.18. The molecular formula is C61H92O6. The van der Waals surface area contributed by atoms with E-state index in [0.717, 1.165) is 109 Å². The molecule has 0 fully saturated rings. The minimum atomic E-state index is -0.823. The molecule has 0 aliphatic rings. The minimum Gasteiger partial charge on any atom is -0.462 e. The Morgan fingerprint density at radius 3 is 0.940 bits per heavy atom. The predicted octanol–water partition coefficient (Wildman–Crippen LogP) is 17.4. The van der Waals surface area contributed by atoms with E-state index < -0.39 is 6.10 Å². The maximum absolute atomic E-state index is 12.8. The highest BCUT2D eigenvalue weighted by atomic mass is 16.6. The van der Waals surface area contributed by atoms with Gasteiger partial charge in [-0.25, -0.2) is 0 Å². The van der Waals surface area contributed by atoms with Crippen LogP contribution in [-0.4, -0.2) is 37.2 Å². The lowest BCUT2D eigenvalue weighted by Crippen LogP contribution is -2.30. The Hall–Kier alpha value is -4.97. The van der Waals surface area contributed by atoms with E-state index in [1.807, 2.05) is 97.2 Å². The van der Waals surface area contributed by atoms with Crippen LogP contribution in [0.3, 0.4) is 0 Å². The summed E-state index contributed by atoms with van der Waals surface area (Å²) in [6.07, 6.45) is 77.8. The van der Waals surface area contributed by atoms with Crippen LogP contribution in [0, 0.1) is 0 Å². The van der Waals surface area contributed by atoms with Crippen LogP contribution in [0.4, 0.5) is 0 Å². The molecule has 0 radical (unpaired) electrons. The molecule has 0 rings (SSSR count). The van der Waals surface area contributed by atoms with Crippen LogP contribution in [0.5, 0.6) is 0 Å². The van der Waals surface area contributed by atoms with Gasteiger partial charge in [-0.2, -0.15) is 0 Å². The second-order valence-corrected chi connectivity index (χ2v) is 16.6. The maximum Gasteiger partial charge on any atom is 0.306 e. The van der Waals surface area contributed by atoms with Crippen LogP contribution in [0.15, 0.2) is 158 Å². The first-order valence-corrected chi connectivity index (χ1v) is 26.2. The van der Waals surface area contributed by atoms with Crippen molar-refractivity contribution in [3.8, 4) is 0 Å². The third kappa shape index (κ3) is 51.9. The summed E-state index contributed by atoms with van der Waals surface area (Å²) in [6, 6.07) is 0. The number of carbonyl (C=O) groups excluding carboxylic acids is 3. The summed E-state index contributed by atoms with van der Waals surface area (Å²) in [6.45, 7) is 6.23. The first-order chi connectivity index (χ1) is 33.0. The van der Waals surface area contributed by atoms with Gasteiger partial charge < -0.3 is 14.2 Å². The molecule has 0 aliphatic carbocycles. The van der Waals surface area contributed by atoms with Crippen molar-refractivity contribution in [2.75, 3.05) is 13.2 Å². The summed E-state index contributed by atoms with van der Waals surface area (Å²) in [5.41, 5.74) is 0. The predicted molar refractivity (Wildman–Crippen MR) is 288 cm³/mol. The topological polar surface area (TPSA) is 78.9 Å². The Balaban J connectivity index is 4.59. The fraction of sp³-hybridized carbons (Fsp3) is 0.525. The molecule has 0 amide bonds. The van der Waals surface area contributed by atoms with Crippen LogP contribution in [0.25, 0.3) is 0 Å². The number of hydrogen-bond acceptors (Lipinski definition) is 6. The number of esters is 3. The van der Waals surface area contributed by atoms with Crippen molar-refractivity contribution in [2.24, 2.45) is 0 Å². The van der Waals surface area contributed by atoms with E-state index in [1.54, 1.807) is 0 Å². The van der Waals surface area contributed by atoms with Crippen LogP contribution < -0.4 is 0 Å². The van der Waals surface area contributed by atoms with E-state index in [0.29, 0.717) is 12.8 Å². The van der Waals surface area contributed by atoms with Crippen LogP contribution >= 0.6 is 0 Å². The summed E-state index contributed by atoms with van der Waals surface area (Å²) in [7, 11) is 0. The molecule has 0 saturated heterocycles. The van der Waals surface area contributed by atoms with Gasteiger partial charge in [0.2, 0.25) is 0 Å². The van der Waals surface area contributed by atoms with E-state index in [4.69, 9.17) is 14.2 Å². The average molecular weight is 921 g/mol. The highest BCUT2D eigenvalue weighted by Crippen LogP contribution is 2.13. The molecule has 1 atom stereocenters. The van der Waals surface area contributed by atoms with Gasteiger partial charge in [-0.05, 0) is 83.5 Å². The molecule has 0 saturated carbocycles. The number of unbranched alkanes of at least 4 members (excludes halogenated alkanes) is 17. The monoisotopic (exact) mass is 921 g/mol. The largest absolute Gasteiger partial charge is 0.462 e. The quantitative estimate of drug-likeness (QED) is 0.0262. The third-order valence-corrected chi connectivity index (χ3v) is 10.3. The highest BCUT2D eigenvalue weighted by molar-refractivity contribution is 5.71. The standard InChI is InChI=1S/C61H92O6/c1-4-7-10-13-16-19-22-25-28-29-30-31-34-36-39-42-45-48-51-54-60(63)66-57-58(67-61(64)55-52-49-46-43-40-37-33-27-24-21-18-15-12-9-6-3)56-65-59(62)53-50-47-44-41-38-35-32-26-23-20-17-14-11-8-5-2/h7,9-10,12-13,15-31,33-34,36,39,58H,4-6,8,11,14,32,35,37-38,40-57H2,1-3H3/b10-7-,12-9-,16-13-,18-15-,20-17-,22-19-,24-21-,26-23-,28-25-,30-29+,33-27-,34-31-,39-36-. The molecule has 0 aromatic rings. The summed E-state index contributed by atoms with van der Waals surface area (Å²) >= 11 is 0. The van der Waals surface area contributed by atoms with E-state index in [1.165, 1.54) is 32.1 Å². The van der Waals surface area contributed by atoms with Crippen molar-refractivity contribution < 1.29 is 28.6 Å². The maximum atomic E-state index is 12.8. The molecule has 6 nitrogen and oxygen atoms in total. The van der Waals surface area contributed by atoms with Gasteiger partial charge in [0.05, 0.1) is 0 Å². The second-order valence-electron chi connectivity index (χ2n) is 16.6. The van der Waals surface area contributed by atoms with Crippen molar-refractivity contribution in [1.82, 2.24) is 0 Å². The van der Waals surface area contributed by atoms with Gasteiger partial charge in [0.1, 0.15) is 13.2 Å². The molecule has 6 heteroatoms. The summed E-state index contributed by atoms with van der Waals surface area (Å²) < 4.78 is 16.7. The van der Waals surface area contributed by atoms with E-state index >= 15 is 0 Å². The molecule has 0 aromatic heterocycles. The van der Waals surface area contributed by atoms with E-state index in [2.05, 4.69) is 81.5 Å². The van der Waals surface area contributed by atoms with E-state index in [9.17, 15) is 14.4 Å². The second kappa shape index (κ2) is 53.6. The van der Waals surface area contributed by atoms with E-state index in [-0.39, 0.29) is 44.0 Å². The number of hydrogen-bond donors (Lipinski definition) is 0. The smallest absolute Gasteiger partial charge is 0.306 e. The molecular weight excluding hydrogens is 829 g/mol. The molecule has 67 heavy (non-hydrogen) atoms. The normalized spacial score (nSPS) is 13.4. The lowest BCUT2D eigenvalue weighted by molar-refractivity contribution is -0.167. The fourth-order valence-electron chi connectivity index (χ4n) is 6.42. The SMILES string of the molecule is CC\C=C/C=C\C=C/C=C\C=C\C=C/C=C\CCCCCC(=O)OCC(COC(=O)CCCCCCCC/C=C\C=C/CCCCC)OC(=O)CCCCCCC\C=C/C=C\C=C/C=C\CC. The Kier molecular flexibility index (Phi) is 49.7. The zero-order valence-electron chi connectivity index (χ0n) is 42.3. The number of rotatable bonds is 44. The Bertz CT molecular complexity index is 1570. The Morgan fingerprint density at radius 2 is 0.582 bits per heavy atom. The average Bonchev–Trinajstić information content (AvgIpc) is 3.33. The van der Waals surface area contributed by atoms with Crippen molar-refractivity contribution in [3.05, 3.63) is 158 Å². The Morgan fingerprint density at radius 1 is 0.313 bits per heavy atom. The van der Waals surface area contributed by atoms with Crippen molar-refractivity contribution in [3.63, 3.8) is 0 Å². The van der Waals surface area contributed by atoms with Gasteiger partial charge >= 0.3 is 17.9 Å². The van der Waals surface area contributed by atoms with Crippen LogP contribution in [0.1, 0.15) is 188 Å². The van der Waals surface area contributed by atoms with Crippen LogP contribution in [0.2, 0.25) is 0 Å². The Labute approximate surface area is 409 Å². The van der Waals surface area contributed by atoms with Gasteiger partial charge in [-0.3, -0.25) is 14.4 Å². The molecule has 0 heterocycles. The molecule has 0 aliphatic heterocycles. The van der Waals surface area contributed by atoms with Gasteiger partial charge in [-0.1, -0.05) is 243 Å². The molecule has 0 spiro atoms. The van der Waals surface area contributed by atoms with Crippen LogP contribution in [-0.2, 0) is 28.6 Å². The minimum absolute atomic E-state index is 0.117. The summed E-state index contributed by atoms with van der Waals surface area (Å²) in [4.78, 5) is 38.0. The van der Waals surface area contributed by atoms with Gasteiger partial charge in [0.25, 0.3) is 0 Å². The highest BCUT2D eigenvalue weighted by Gasteiger charge is 2.19. The molecule has 1 unspecified atom stereocenters. The molecule has 0 bridgehead atoms. The summed E-state index contributed by atoms with van der Waals surface area (Å²) in [5.74, 6) is -1.01. The third-order valence-electron chi connectivity index (χ3n) is 10.3. The zero-order chi connectivity index (χ0) is 48.6. The zero-order valence-corrected chi connectivity index (χ0v) is 42.3. The molecule has 372 valence electrons. The number of allylic oxidation sites excluding steroid dienone is 26. The number of carbonyl (C=O) groups is 3. The fourth-order valence-corrected chi connectivity index (χ4v) is 6.42. The van der Waals surface area contributed by atoms with Gasteiger partial charge in [0.15, 0.2) is 6.10 Å². The summed E-state index contributed by atoms with van der Waals surface area (Å²) in [5, 5.41) is 0. The van der Waals surface area contributed by atoms with Gasteiger partial charge in [0, 0.05) is 19.3 Å². The van der Waals surface area contributed by atoms with Crippen molar-refractivity contribution >= 4 is 17.9 Å². The first-order valence-electron chi connectivity index (χ1n) is 26.2. The lowest BCUT2D eigenvalue weighted by atomic mass is 10.1. The first kappa shape index (κ1) is 62.0. The number of ether oxygens (including phenoxy) is 3. The molecule has 0 N–H and O–H groups in total. The molecule has 0 aromatic carbocycles.